The van der Waals surface area contributed by atoms with E-state index in [9.17, 15) is 13.2 Å². The standard InChI is InChI=1S/C12H19N3O5S/c1-8-9(10(13)14-20-8)21(17,18)15-11(16)12(19-2)6-4-3-5-7-12/h3-7H2,1-2H3,(H2,13,14)(H,15,16). The lowest BCUT2D eigenvalue weighted by atomic mass is 9.84. The number of hydrogen-bond acceptors (Lipinski definition) is 7. The second-order valence-electron chi connectivity index (χ2n) is 5.15. The zero-order valence-corrected chi connectivity index (χ0v) is 12.8. The highest BCUT2D eigenvalue weighted by atomic mass is 32.2. The maximum absolute atomic E-state index is 12.4. The molecule has 0 radical (unpaired) electrons. The highest BCUT2D eigenvalue weighted by Crippen LogP contribution is 2.32. The van der Waals surface area contributed by atoms with Crippen LogP contribution in [0.3, 0.4) is 0 Å². The molecule has 9 heteroatoms. The summed E-state index contributed by atoms with van der Waals surface area (Å²) >= 11 is 0. The van der Waals surface area contributed by atoms with Gasteiger partial charge in [0.2, 0.25) is 0 Å². The maximum Gasteiger partial charge on any atom is 0.271 e. The molecular weight excluding hydrogens is 298 g/mol. The molecule has 2 rings (SSSR count). The number of amides is 1. The summed E-state index contributed by atoms with van der Waals surface area (Å²) in [5, 5.41) is 3.38. The van der Waals surface area contributed by atoms with Crippen LogP contribution < -0.4 is 10.5 Å². The van der Waals surface area contributed by atoms with E-state index in [4.69, 9.17) is 15.0 Å². The van der Waals surface area contributed by atoms with Crippen LogP contribution in [0.4, 0.5) is 5.82 Å². The Morgan fingerprint density at radius 3 is 2.48 bits per heavy atom. The molecule has 0 atom stereocenters. The third-order valence-electron chi connectivity index (χ3n) is 3.79. The smallest absolute Gasteiger partial charge is 0.271 e. The monoisotopic (exact) mass is 317 g/mol. The van der Waals surface area contributed by atoms with Gasteiger partial charge in [0.15, 0.2) is 16.5 Å². The van der Waals surface area contributed by atoms with Gasteiger partial charge in [-0.3, -0.25) is 4.79 Å². The summed E-state index contributed by atoms with van der Waals surface area (Å²) in [5.41, 5.74) is 4.37. The Hall–Kier alpha value is -1.61. The van der Waals surface area contributed by atoms with Crippen LogP contribution in [0.5, 0.6) is 0 Å². The predicted molar refractivity (Wildman–Crippen MR) is 73.8 cm³/mol. The lowest BCUT2D eigenvalue weighted by molar-refractivity contribution is -0.145. The largest absolute Gasteiger partial charge is 0.380 e. The van der Waals surface area contributed by atoms with Gasteiger partial charge in [-0.05, 0) is 19.8 Å². The molecule has 0 saturated heterocycles. The fourth-order valence-electron chi connectivity index (χ4n) is 2.62. The van der Waals surface area contributed by atoms with Gasteiger partial charge in [0.05, 0.1) is 0 Å². The van der Waals surface area contributed by atoms with E-state index in [0.29, 0.717) is 12.8 Å². The number of carbonyl (C=O) groups excluding carboxylic acids is 1. The topological polar surface area (TPSA) is 125 Å². The molecule has 0 bridgehead atoms. The van der Waals surface area contributed by atoms with Crippen LogP contribution in [0.2, 0.25) is 0 Å². The van der Waals surface area contributed by atoms with Gasteiger partial charge < -0.3 is 15.0 Å². The molecule has 1 fully saturated rings. The van der Waals surface area contributed by atoms with Gasteiger partial charge in [-0.1, -0.05) is 24.4 Å². The van der Waals surface area contributed by atoms with E-state index in [-0.39, 0.29) is 16.5 Å². The van der Waals surface area contributed by atoms with E-state index >= 15 is 0 Å². The number of ether oxygens (including phenoxy) is 1. The summed E-state index contributed by atoms with van der Waals surface area (Å²) in [4.78, 5) is 12.1. The highest BCUT2D eigenvalue weighted by Gasteiger charge is 2.42. The Balaban J connectivity index is 2.26. The van der Waals surface area contributed by atoms with Gasteiger partial charge in [0, 0.05) is 7.11 Å². The van der Waals surface area contributed by atoms with Crippen LogP contribution in [-0.4, -0.2) is 32.2 Å². The molecule has 1 saturated carbocycles. The van der Waals surface area contributed by atoms with Gasteiger partial charge >= 0.3 is 0 Å². The Morgan fingerprint density at radius 1 is 1.38 bits per heavy atom. The first-order valence-electron chi connectivity index (χ1n) is 6.66. The molecule has 1 aliphatic rings. The third-order valence-corrected chi connectivity index (χ3v) is 5.28. The van der Waals surface area contributed by atoms with Crippen molar-refractivity contribution in [2.24, 2.45) is 0 Å². The van der Waals surface area contributed by atoms with E-state index < -0.39 is 21.5 Å². The minimum absolute atomic E-state index is 0.0305. The molecule has 3 N–H and O–H groups in total. The second-order valence-corrected chi connectivity index (χ2v) is 6.77. The van der Waals surface area contributed by atoms with E-state index in [1.165, 1.54) is 14.0 Å². The van der Waals surface area contributed by atoms with Crippen molar-refractivity contribution in [2.75, 3.05) is 12.8 Å². The third kappa shape index (κ3) is 2.88. The summed E-state index contributed by atoms with van der Waals surface area (Å²) in [5.74, 6) is -0.921. The van der Waals surface area contributed by atoms with Crippen LogP contribution in [0.25, 0.3) is 0 Å². The van der Waals surface area contributed by atoms with Crippen molar-refractivity contribution in [3.05, 3.63) is 5.76 Å². The maximum atomic E-state index is 12.4. The van der Waals surface area contributed by atoms with Gasteiger partial charge in [0.1, 0.15) is 5.60 Å². The summed E-state index contributed by atoms with van der Waals surface area (Å²) in [6.45, 7) is 1.41. The van der Waals surface area contributed by atoms with Crippen LogP contribution in [0.15, 0.2) is 9.42 Å². The van der Waals surface area contributed by atoms with Gasteiger partial charge in [-0.15, -0.1) is 0 Å². The fourth-order valence-corrected chi connectivity index (χ4v) is 3.88. The summed E-state index contributed by atoms with van der Waals surface area (Å²) in [6.07, 6.45) is 3.61. The lowest BCUT2D eigenvalue weighted by Gasteiger charge is -2.34. The Morgan fingerprint density at radius 2 is 2.00 bits per heavy atom. The zero-order chi connectivity index (χ0) is 15.7. The van der Waals surface area contributed by atoms with Crippen molar-refractivity contribution in [3.8, 4) is 0 Å². The molecule has 1 aromatic rings. The molecule has 118 valence electrons. The van der Waals surface area contributed by atoms with Crippen molar-refractivity contribution < 1.29 is 22.5 Å². The normalized spacial score (nSPS) is 18.4. The number of nitrogens with one attached hydrogen (secondary N) is 1. The van der Waals surface area contributed by atoms with Crippen LogP contribution in [0.1, 0.15) is 37.9 Å². The van der Waals surface area contributed by atoms with Crippen molar-refractivity contribution in [1.29, 1.82) is 0 Å². The number of nitrogens with two attached hydrogens (primary N) is 1. The first-order chi connectivity index (χ1) is 9.82. The first kappa shape index (κ1) is 15.8. The molecule has 1 heterocycles. The zero-order valence-electron chi connectivity index (χ0n) is 12.0. The quantitative estimate of drug-likeness (QED) is 0.838. The predicted octanol–water partition coefficient (Wildman–Crippen LogP) is 0.719. The Kier molecular flexibility index (Phi) is 4.24. The van der Waals surface area contributed by atoms with Crippen molar-refractivity contribution in [3.63, 3.8) is 0 Å². The molecule has 1 aliphatic carbocycles. The van der Waals surface area contributed by atoms with Gasteiger partial charge in [0.25, 0.3) is 15.9 Å². The van der Waals surface area contributed by atoms with Crippen molar-refractivity contribution >= 4 is 21.7 Å². The number of hydrogen-bond donors (Lipinski definition) is 2. The molecule has 21 heavy (non-hydrogen) atoms. The van der Waals surface area contributed by atoms with Gasteiger partial charge in [-0.25, -0.2) is 13.1 Å². The molecular formula is C12H19N3O5S. The van der Waals surface area contributed by atoms with E-state index in [1.54, 1.807) is 0 Å². The Bertz CT molecular complexity index is 612. The van der Waals surface area contributed by atoms with Crippen LogP contribution >= 0.6 is 0 Å². The highest BCUT2D eigenvalue weighted by molar-refractivity contribution is 7.90. The molecule has 0 unspecified atom stereocenters. The average Bonchev–Trinajstić information content (AvgIpc) is 2.79. The molecule has 1 aromatic heterocycles. The molecule has 1 amide bonds. The fraction of sp³-hybridized carbons (Fsp3) is 0.667. The second kappa shape index (κ2) is 5.64. The number of anilines is 1. The number of nitrogen functional groups attached to an aromatic ring is 1. The minimum Gasteiger partial charge on any atom is -0.380 e. The summed E-state index contributed by atoms with van der Waals surface area (Å²) in [6, 6.07) is 0. The first-order valence-corrected chi connectivity index (χ1v) is 8.15. The molecule has 0 spiro atoms. The number of aromatic nitrogens is 1. The molecule has 0 aromatic carbocycles. The number of aryl methyl sites for hydroxylation is 1. The van der Waals surface area contributed by atoms with E-state index in [2.05, 4.69) is 5.16 Å². The number of sulfonamides is 1. The summed E-state index contributed by atoms with van der Waals surface area (Å²) in [7, 11) is -2.72. The number of methoxy groups -OCH3 is 1. The SMILES string of the molecule is COC1(C(=O)NS(=O)(=O)c2c(N)noc2C)CCCCC1. The molecule has 0 aliphatic heterocycles. The summed E-state index contributed by atoms with van der Waals surface area (Å²) < 4.78 is 36.6. The minimum atomic E-state index is -4.14. The van der Waals surface area contributed by atoms with E-state index in [1.807, 2.05) is 4.72 Å². The number of carbonyl (C=O) groups is 1. The lowest BCUT2D eigenvalue weighted by Crippen LogP contribution is -2.51. The number of rotatable bonds is 4. The Labute approximate surface area is 123 Å². The molecule has 8 nitrogen and oxygen atoms in total. The number of nitrogens with zero attached hydrogens (tertiary/aromatic N) is 1. The van der Waals surface area contributed by atoms with Crippen LogP contribution in [-0.2, 0) is 19.6 Å². The van der Waals surface area contributed by atoms with E-state index in [0.717, 1.165) is 19.3 Å². The van der Waals surface area contributed by atoms with Crippen LogP contribution in [0, 0.1) is 6.92 Å². The van der Waals surface area contributed by atoms with Crippen molar-refractivity contribution in [2.45, 2.75) is 49.5 Å². The van der Waals surface area contributed by atoms with Crippen molar-refractivity contribution in [1.82, 2.24) is 9.88 Å². The average molecular weight is 317 g/mol. The van der Waals surface area contributed by atoms with Gasteiger partial charge in [-0.2, -0.15) is 0 Å².